The number of rotatable bonds is 10. The number of nitrogens with zero attached hydrogens (tertiary/aromatic N) is 2. The Kier molecular flexibility index (Phi) is 8.59. The van der Waals surface area contributed by atoms with Gasteiger partial charge < -0.3 is 19.1 Å². The smallest absolute Gasteiger partial charge is 0.337 e. The molecular weight excluding hydrogens is 492 g/mol. The van der Waals surface area contributed by atoms with Gasteiger partial charge in [0.25, 0.3) is 0 Å². The van der Waals surface area contributed by atoms with Crippen molar-refractivity contribution in [1.29, 1.82) is 0 Å². The molecule has 1 saturated heterocycles. The first kappa shape index (κ1) is 26.9. The molecule has 7 heteroatoms. The van der Waals surface area contributed by atoms with Crippen LogP contribution in [0.25, 0.3) is 0 Å². The minimum atomic E-state index is -0.355. The van der Waals surface area contributed by atoms with E-state index in [1.807, 2.05) is 53.4 Å². The van der Waals surface area contributed by atoms with E-state index in [9.17, 15) is 9.59 Å². The maximum atomic E-state index is 13.1. The summed E-state index contributed by atoms with van der Waals surface area (Å²) in [5.74, 6) is 1.21. The van der Waals surface area contributed by atoms with E-state index in [1.165, 1.54) is 12.7 Å². The number of ether oxygens (including phenoxy) is 3. The molecule has 0 unspecified atom stereocenters. The largest absolute Gasteiger partial charge is 0.497 e. The van der Waals surface area contributed by atoms with Gasteiger partial charge in [-0.25, -0.2) is 4.79 Å². The number of benzene rings is 3. The standard InChI is InChI=1S/C32H36N2O5/c1-37-27-10-6-9-26(19-27)30(39-22-23-11-13-25(14-12-23)32(36)38-2)21-33-15-17-34(18-16-33)31(35)29-20-28(29)24-7-4-3-5-8-24/h3-14,19,28-30H,15-18,20-22H2,1-2H3/t28-,29+,30+/m0/s1. The van der Waals surface area contributed by atoms with Crippen LogP contribution < -0.4 is 4.74 Å². The third-order valence-electron chi connectivity index (χ3n) is 7.74. The molecule has 2 aliphatic rings. The number of amides is 1. The lowest BCUT2D eigenvalue weighted by Gasteiger charge is -2.36. The monoisotopic (exact) mass is 528 g/mol. The van der Waals surface area contributed by atoms with E-state index < -0.39 is 0 Å². The topological polar surface area (TPSA) is 68.3 Å². The van der Waals surface area contributed by atoms with Gasteiger partial charge in [0, 0.05) is 38.6 Å². The van der Waals surface area contributed by atoms with Gasteiger partial charge in [-0.2, -0.15) is 0 Å². The summed E-state index contributed by atoms with van der Waals surface area (Å²) in [4.78, 5) is 29.3. The van der Waals surface area contributed by atoms with E-state index in [0.717, 1.165) is 49.5 Å². The summed E-state index contributed by atoms with van der Waals surface area (Å²) in [6.45, 7) is 4.21. The molecule has 0 N–H and O–H groups in total. The molecule has 1 aliphatic heterocycles. The average Bonchev–Trinajstić information content (AvgIpc) is 3.81. The quantitative estimate of drug-likeness (QED) is 0.356. The van der Waals surface area contributed by atoms with Crippen molar-refractivity contribution in [3.63, 3.8) is 0 Å². The van der Waals surface area contributed by atoms with Crippen LogP contribution in [0.2, 0.25) is 0 Å². The Morgan fingerprint density at radius 2 is 1.64 bits per heavy atom. The van der Waals surface area contributed by atoms with Crippen LogP contribution in [0.1, 0.15) is 45.5 Å². The first-order valence-electron chi connectivity index (χ1n) is 13.5. The molecule has 1 amide bonds. The van der Waals surface area contributed by atoms with Gasteiger partial charge >= 0.3 is 5.97 Å². The summed E-state index contributed by atoms with van der Waals surface area (Å²) in [6.07, 6.45) is 0.781. The van der Waals surface area contributed by atoms with Gasteiger partial charge in [-0.1, -0.05) is 54.6 Å². The van der Waals surface area contributed by atoms with Gasteiger partial charge in [0.1, 0.15) is 5.75 Å². The number of carbonyl (C=O) groups is 2. The van der Waals surface area contributed by atoms with Crippen LogP contribution >= 0.6 is 0 Å². The predicted molar refractivity (Wildman–Crippen MR) is 149 cm³/mol. The fourth-order valence-corrected chi connectivity index (χ4v) is 5.30. The van der Waals surface area contributed by atoms with E-state index in [1.54, 1.807) is 19.2 Å². The van der Waals surface area contributed by atoms with Gasteiger partial charge in [0.05, 0.1) is 32.5 Å². The van der Waals surface area contributed by atoms with E-state index in [2.05, 4.69) is 23.1 Å². The number of piperazine rings is 1. The minimum Gasteiger partial charge on any atom is -0.497 e. The van der Waals surface area contributed by atoms with Crippen molar-refractivity contribution in [2.45, 2.75) is 25.0 Å². The molecule has 3 aromatic carbocycles. The highest BCUT2D eigenvalue weighted by Gasteiger charge is 2.46. The highest BCUT2D eigenvalue weighted by atomic mass is 16.5. The van der Waals surface area contributed by atoms with Crippen molar-refractivity contribution in [3.05, 3.63) is 101 Å². The second-order valence-corrected chi connectivity index (χ2v) is 10.3. The first-order chi connectivity index (χ1) is 19.1. The highest BCUT2D eigenvalue weighted by molar-refractivity contribution is 5.89. The average molecular weight is 529 g/mol. The molecule has 5 rings (SSSR count). The Morgan fingerprint density at radius 3 is 2.33 bits per heavy atom. The van der Waals surface area contributed by atoms with Crippen molar-refractivity contribution < 1.29 is 23.8 Å². The minimum absolute atomic E-state index is 0.123. The fourth-order valence-electron chi connectivity index (χ4n) is 5.30. The van der Waals surface area contributed by atoms with Crippen molar-refractivity contribution in [2.24, 2.45) is 5.92 Å². The molecule has 3 aromatic rings. The lowest BCUT2D eigenvalue weighted by Crippen LogP contribution is -2.50. The normalized spacial score (nSPS) is 19.8. The van der Waals surface area contributed by atoms with E-state index >= 15 is 0 Å². The Labute approximate surface area is 230 Å². The van der Waals surface area contributed by atoms with Gasteiger partial charge in [0.15, 0.2) is 0 Å². The van der Waals surface area contributed by atoms with Gasteiger partial charge in [-0.3, -0.25) is 9.69 Å². The molecule has 1 aliphatic carbocycles. The zero-order valence-electron chi connectivity index (χ0n) is 22.6. The lowest BCUT2D eigenvalue weighted by atomic mass is 10.1. The Hall–Kier alpha value is -3.68. The molecule has 0 radical (unpaired) electrons. The SMILES string of the molecule is COC(=O)c1ccc(CO[C@H](CN2CCN(C(=O)[C@@H]3C[C@H]3c3ccccc3)CC2)c2cccc(OC)c2)cc1. The molecule has 7 nitrogen and oxygen atoms in total. The number of esters is 1. The number of hydrogen-bond acceptors (Lipinski definition) is 6. The number of hydrogen-bond donors (Lipinski definition) is 0. The molecule has 39 heavy (non-hydrogen) atoms. The lowest BCUT2D eigenvalue weighted by molar-refractivity contribution is -0.134. The summed E-state index contributed by atoms with van der Waals surface area (Å²) >= 11 is 0. The van der Waals surface area contributed by atoms with Crippen LogP contribution in [0.5, 0.6) is 5.75 Å². The Bertz CT molecular complexity index is 1260. The summed E-state index contributed by atoms with van der Waals surface area (Å²) in [7, 11) is 3.04. The van der Waals surface area contributed by atoms with Crippen LogP contribution in [-0.2, 0) is 20.9 Å². The van der Waals surface area contributed by atoms with Crippen LogP contribution in [-0.4, -0.2) is 68.6 Å². The third-order valence-corrected chi connectivity index (χ3v) is 7.74. The predicted octanol–water partition coefficient (Wildman–Crippen LogP) is 4.69. The number of carbonyl (C=O) groups excluding carboxylic acids is 2. The third kappa shape index (κ3) is 6.67. The van der Waals surface area contributed by atoms with Crippen molar-refractivity contribution >= 4 is 11.9 Å². The molecular formula is C32H36N2O5. The van der Waals surface area contributed by atoms with Crippen molar-refractivity contribution in [2.75, 3.05) is 46.9 Å². The zero-order valence-corrected chi connectivity index (χ0v) is 22.6. The van der Waals surface area contributed by atoms with Crippen LogP contribution in [0.3, 0.4) is 0 Å². The highest BCUT2D eigenvalue weighted by Crippen LogP contribution is 2.48. The maximum absolute atomic E-state index is 13.1. The second-order valence-electron chi connectivity index (χ2n) is 10.3. The Morgan fingerprint density at radius 1 is 0.897 bits per heavy atom. The van der Waals surface area contributed by atoms with E-state index in [0.29, 0.717) is 30.5 Å². The van der Waals surface area contributed by atoms with Gasteiger partial charge in [-0.05, 0) is 53.3 Å². The number of methoxy groups -OCH3 is 2. The molecule has 204 valence electrons. The van der Waals surface area contributed by atoms with Gasteiger partial charge in [0.2, 0.25) is 5.91 Å². The molecule has 3 atom stereocenters. The summed E-state index contributed by atoms with van der Waals surface area (Å²) in [5.41, 5.74) is 3.80. The first-order valence-corrected chi connectivity index (χ1v) is 13.5. The van der Waals surface area contributed by atoms with Crippen LogP contribution in [0.15, 0.2) is 78.9 Å². The molecule has 1 saturated carbocycles. The van der Waals surface area contributed by atoms with Gasteiger partial charge in [-0.15, -0.1) is 0 Å². The maximum Gasteiger partial charge on any atom is 0.337 e. The molecule has 0 aromatic heterocycles. The summed E-state index contributed by atoms with van der Waals surface area (Å²) in [6, 6.07) is 25.6. The molecule has 2 fully saturated rings. The van der Waals surface area contributed by atoms with Crippen molar-refractivity contribution in [3.8, 4) is 5.75 Å². The van der Waals surface area contributed by atoms with Crippen LogP contribution in [0.4, 0.5) is 0 Å². The van der Waals surface area contributed by atoms with Crippen LogP contribution in [0, 0.1) is 5.92 Å². The van der Waals surface area contributed by atoms with E-state index in [-0.39, 0.29) is 18.0 Å². The zero-order chi connectivity index (χ0) is 27.2. The summed E-state index contributed by atoms with van der Waals surface area (Å²) in [5, 5.41) is 0. The molecule has 1 heterocycles. The van der Waals surface area contributed by atoms with Crippen molar-refractivity contribution in [1.82, 2.24) is 9.80 Å². The summed E-state index contributed by atoms with van der Waals surface area (Å²) < 4.78 is 16.7. The fraction of sp³-hybridized carbons (Fsp3) is 0.375. The van der Waals surface area contributed by atoms with E-state index in [4.69, 9.17) is 14.2 Å². The second kappa shape index (κ2) is 12.5. The molecule has 0 bridgehead atoms. The molecule has 0 spiro atoms. The Balaban J connectivity index is 1.19.